The van der Waals surface area contributed by atoms with Gasteiger partial charge in [-0.05, 0) is 0 Å². The van der Waals surface area contributed by atoms with E-state index < -0.39 is 0 Å². The Labute approximate surface area is 104 Å². The minimum absolute atomic E-state index is 0.0274. The van der Waals surface area contributed by atoms with Gasteiger partial charge in [0.05, 0.1) is 26.4 Å². The number of fused-ring (bicyclic) bond motifs is 3. The predicted molar refractivity (Wildman–Crippen MR) is 63.8 cm³/mol. The number of hydrogen-bond donors (Lipinski definition) is 1. The molecule has 2 aliphatic heterocycles. The summed E-state index contributed by atoms with van der Waals surface area (Å²) in [6, 6.07) is 0.0274. The molecule has 0 aliphatic carbocycles. The van der Waals surface area contributed by atoms with E-state index in [2.05, 4.69) is 20.2 Å². The molecule has 3 heterocycles. The molecule has 1 amide bonds. The lowest BCUT2D eigenvalue weighted by atomic mass is 10.1. The molecule has 1 aromatic heterocycles. The third-order valence-corrected chi connectivity index (χ3v) is 3.17. The Morgan fingerprint density at radius 3 is 3.28 bits per heavy atom. The molecule has 7 heteroatoms. The molecule has 96 valence electrons. The molecule has 0 spiro atoms. The summed E-state index contributed by atoms with van der Waals surface area (Å²) in [6.45, 7) is 1.89. The maximum atomic E-state index is 11.9. The summed E-state index contributed by atoms with van der Waals surface area (Å²) in [4.78, 5) is 22.2. The largest absolute Gasteiger partial charge is 0.479 e. The van der Waals surface area contributed by atoms with E-state index in [1.54, 1.807) is 0 Å². The van der Waals surface area contributed by atoms with Gasteiger partial charge in [-0.2, -0.15) is 4.98 Å². The minimum Gasteiger partial charge on any atom is -0.479 e. The molecule has 1 aromatic rings. The van der Waals surface area contributed by atoms with Gasteiger partial charge in [0.15, 0.2) is 5.82 Å². The Hall–Kier alpha value is -1.89. The third-order valence-electron chi connectivity index (χ3n) is 3.17. The second kappa shape index (κ2) is 4.41. The summed E-state index contributed by atoms with van der Waals surface area (Å²) < 4.78 is 10.6. The first-order chi connectivity index (χ1) is 8.79. The van der Waals surface area contributed by atoms with Crippen molar-refractivity contribution < 1.29 is 14.3 Å². The van der Waals surface area contributed by atoms with Crippen molar-refractivity contribution in [3.63, 3.8) is 0 Å². The number of nitrogens with zero attached hydrogens (tertiary/aromatic N) is 3. The second-order valence-corrected chi connectivity index (χ2v) is 4.26. The number of morpholine rings is 1. The van der Waals surface area contributed by atoms with Crippen LogP contribution in [-0.4, -0.2) is 48.8 Å². The van der Waals surface area contributed by atoms with Crippen molar-refractivity contribution >= 4 is 17.4 Å². The number of rotatable bonds is 1. The zero-order valence-corrected chi connectivity index (χ0v) is 10.0. The van der Waals surface area contributed by atoms with Crippen molar-refractivity contribution in [3.8, 4) is 5.88 Å². The van der Waals surface area contributed by atoms with Crippen LogP contribution in [0.15, 0.2) is 6.33 Å². The van der Waals surface area contributed by atoms with Gasteiger partial charge in [-0.1, -0.05) is 0 Å². The number of nitrogens with one attached hydrogen (secondary N) is 1. The number of anilines is 2. The lowest BCUT2D eigenvalue weighted by Crippen LogP contribution is -2.46. The first kappa shape index (κ1) is 11.2. The molecule has 1 unspecified atom stereocenters. The first-order valence-corrected chi connectivity index (χ1v) is 5.83. The van der Waals surface area contributed by atoms with E-state index in [9.17, 15) is 4.79 Å². The molecule has 0 bridgehead atoms. The van der Waals surface area contributed by atoms with Crippen molar-refractivity contribution in [2.45, 2.75) is 12.5 Å². The van der Waals surface area contributed by atoms with Crippen LogP contribution in [0.25, 0.3) is 0 Å². The molecule has 3 rings (SSSR count). The molecule has 7 nitrogen and oxygen atoms in total. The van der Waals surface area contributed by atoms with Gasteiger partial charge in [0.1, 0.15) is 12.0 Å². The molecule has 2 aliphatic rings. The van der Waals surface area contributed by atoms with Gasteiger partial charge in [0.2, 0.25) is 11.8 Å². The van der Waals surface area contributed by atoms with Gasteiger partial charge < -0.3 is 19.7 Å². The number of carbonyl (C=O) groups excluding carboxylic acids is 1. The van der Waals surface area contributed by atoms with Crippen LogP contribution in [0.5, 0.6) is 5.88 Å². The predicted octanol–water partition coefficient (Wildman–Crippen LogP) is 0.0326. The molecule has 18 heavy (non-hydrogen) atoms. The maximum absolute atomic E-state index is 11.9. The minimum atomic E-state index is -0.0673. The first-order valence-electron chi connectivity index (χ1n) is 5.83. The molecule has 1 fully saturated rings. The van der Waals surface area contributed by atoms with Crippen LogP contribution in [0.1, 0.15) is 6.42 Å². The van der Waals surface area contributed by atoms with E-state index in [-0.39, 0.29) is 11.9 Å². The van der Waals surface area contributed by atoms with Crippen molar-refractivity contribution in [2.24, 2.45) is 0 Å². The van der Waals surface area contributed by atoms with Gasteiger partial charge >= 0.3 is 0 Å². The zero-order chi connectivity index (χ0) is 12.5. The Morgan fingerprint density at radius 2 is 2.44 bits per heavy atom. The summed E-state index contributed by atoms with van der Waals surface area (Å²) in [5.74, 6) is 1.03. The molecule has 1 saturated heterocycles. The fourth-order valence-corrected chi connectivity index (χ4v) is 2.35. The Kier molecular flexibility index (Phi) is 2.75. The molecular weight excluding hydrogens is 236 g/mol. The van der Waals surface area contributed by atoms with E-state index in [0.717, 1.165) is 0 Å². The fraction of sp³-hybridized carbons (Fsp3) is 0.545. The summed E-state index contributed by atoms with van der Waals surface area (Å²) in [5.41, 5.74) is 0.550. The Bertz CT molecular complexity index is 479. The highest BCUT2D eigenvalue weighted by Gasteiger charge is 2.33. The maximum Gasteiger partial charge on any atom is 0.242 e. The van der Waals surface area contributed by atoms with E-state index in [1.165, 1.54) is 13.4 Å². The molecular formula is C11H14N4O3. The summed E-state index contributed by atoms with van der Waals surface area (Å²) in [5, 5.41) is 2.81. The number of aromatic nitrogens is 2. The van der Waals surface area contributed by atoms with Crippen LogP contribution in [0.2, 0.25) is 0 Å². The third kappa shape index (κ3) is 1.76. The zero-order valence-electron chi connectivity index (χ0n) is 10.0. The second-order valence-electron chi connectivity index (χ2n) is 4.26. The standard InChI is InChI=1S/C11H14N4O3/c1-17-11-9-10(12-6-13-11)15-2-3-18-5-7(15)4-8(16)14-9/h6-7H,2-5H2,1H3,(H,14,16). The topological polar surface area (TPSA) is 76.6 Å². The summed E-state index contributed by atoms with van der Waals surface area (Å²) in [6.07, 6.45) is 1.83. The van der Waals surface area contributed by atoms with Crippen LogP contribution in [-0.2, 0) is 9.53 Å². The van der Waals surface area contributed by atoms with E-state index in [0.29, 0.717) is 43.6 Å². The van der Waals surface area contributed by atoms with E-state index in [4.69, 9.17) is 9.47 Å². The molecule has 0 radical (unpaired) electrons. The van der Waals surface area contributed by atoms with Crippen molar-refractivity contribution in [1.29, 1.82) is 0 Å². The molecule has 0 aromatic carbocycles. The van der Waals surface area contributed by atoms with Crippen LogP contribution >= 0.6 is 0 Å². The van der Waals surface area contributed by atoms with E-state index >= 15 is 0 Å². The van der Waals surface area contributed by atoms with Gasteiger partial charge in [0.25, 0.3) is 0 Å². The van der Waals surface area contributed by atoms with Crippen LogP contribution in [0.4, 0.5) is 11.5 Å². The van der Waals surface area contributed by atoms with Gasteiger partial charge in [-0.15, -0.1) is 0 Å². The quantitative estimate of drug-likeness (QED) is 0.758. The number of hydrogen-bond acceptors (Lipinski definition) is 6. The van der Waals surface area contributed by atoms with Gasteiger partial charge in [-0.3, -0.25) is 4.79 Å². The monoisotopic (exact) mass is 250 g/mol. The van der Waals surface area contributed by atoms with E-state index in [1.807, 2.05) is 0 Å². The summed E-state index contributed by atoms with van der Waals surface area (Å²) >= 11 is 0. The normalized spacial score (nSPS) is 22.6. The highest BCUT2D eigenvalue weighted by atomic mass is 16.5. The van der Waals surface area contributed by atoms with Gasteiger partial charge in [0, 0.05) is 13.0 Å². The molecule has 1 N–H and O–H groups in total. The molecule has 1 atom stereocenters. The van der Waals surface area contributed by atoms with Crippen LogP contribution in [0.3, 0.4) is 0 Å². The number of methoxy groups -OCH3 is 1. The Balaban J connectivity index is 2.08. The summed E-state index contributed by atoms with van der Waals surface area (Å²) in [7, 11) is 1.52. The highest BCUT2D eigenvalue weighted by Crippen LogP contribution is 2.35. The van der Waals surface area contributed by atoms with Crippen molar-refractivity contribution in [1.82, 2.24) is 9.97 Å². The van der Waals surface area contributed by atoms with Gasteiger partial charge in [-0.25, -0.2) is 4.98 Å². The van der Waals surface area contributed by atoms with Crippen molar-refractivity contribution in [2.75, 3.05) is 37.1 Å². The SMILES string of the molecule is COc1ncnc2c1NC(=O)CC1COCCN21. The average molecular weight is 250 g/mol. The number of amides is 1. The smallest absolute Gasteiger partial charge is 0.242 e. The number of carbonyl (C=O) groups is 1. The number of ether oxygens (including phenoxy) is 2. The average Bonchev–Trinajstić information content (AvgIpc) is 2.53. The lowest BCUT2D eigenvalue weighted by molar-refractivity contribution is -0.116. The molecule has 0 saturated carbocycles. The lowest BCUT2D eigenvalue weighted by Gasteiger charge is -2.34. The van der Waals surface area contributed by atoms with Crippen LogP contribution in [0, 0.1) is 0 Å². The highest BCUT2D eigenvalue weighted by molar-refractivity contribution is 5.97. The van der Waals surface area contributed by atoms with Crippen LogP contribution < -0.4 is 15.0 Å². The van der Waals surface area contributed by atoms with Crippen molar-refractivity contribution in [3.05, 3.63) is 6.33 Å². The fourth-order valence-electron chi connectivity index (χ4n) is 2.35. The Morgan fingerprint density at radius 1 is 1.56 bits per heavy atom.